The maximum Gasteiger partial charge on any atom is 0.415 e. The third-order valence-electron chi connectivity index (χ3n) is 9.14. The largest absolute Gasteiger partial charge is 0.474 e. The first-order valence-corrected chi connectivity index (χ1v) is 18.1. The number of piperidine rings is 1. The van der Waals surface area contributed by atoms with Gasteiger partial charge in [-0.25, -0.2) is 24.4 Å². The Labute approximate surface area is 305 Å². The Bertz CT molecular complexity index is 1790. The van der Waals surface area contributed by atoms with Gasteiger partial charge in [-0.2, -0.15) is 0 Å². The molecule has 0 atom stereocenters. The van der Waals surface area contributed by atoms with Crippen LogP contribution in [0.25, 0.3) is 21.9 Å². The molecule has 3 aliphatic rings. The van der Waals surface area contributed by atoms with Gasteiger partial charge >= 0.3 is 18.3 Å². The number of rotatable bonds is 3. The fourth-order valence-corrected chi connectivity index (χ4v) is 7.07. The molecular weight excluding hydrogens is 674 g/mol. The van der Waals surface area contributed by atoms with Crippen molar-refractivity contribution < 1.29 is 33.3 Å². The smallest absolute Gasteiger partial charge is 0.415 e. The lowest BCUT2D eigenvalue weighted by Crippen LogP contribution is -2.52. The molecule has 1 N–H and O–H groups in total. The number of likely N-dealkylation sites (tertiary alicyclic amines) is 1. The van der Waals surface area contributed by atoms with Crippen LogP contribution in [0.1, 0.15) is 86.6 Å². The van der Waals surface area contributed by atoms with Crippen LogP contribution in [0.15, 0.2) is 30.6 Å². The molecule has 276 valence electrons. The molecule has 1 aromatic carbocycles. The first kappa shape index (κ1) is 37.9. The molecule has 0 bridgehead atoms. The van der Waals surface area contributed by atoms with E-state index >= 15 is 0 Å². The number of amides is 3. The van der Waals surface area contributed by atoms with E-state index in [2.05, 4.69) is 15.3 Å². The van der Waals surface area contributed by atoms with Gasteiger partial charge in [-0.15, -0.1) is 0 Å². The number of halogens is 1. The number of carbonyl (C=O) groups excluding carboxylic acids is 3. The summed E-state index contributed by atoms with van der Waals surface area (Å²) in [6.45, 7) is 18.8. The Kier molecular flexibility index (Phi) is 11.0. The normalized spacial score (nSPS) is 17.0. The number of carbonyl (C=O) groups is 3. The first-order chi connectivity index (χ1) is 24.0. The van der Waals surface area contributed by atoms with Crippen LogP contribution < -0.4 is 15.0 Å². The second-order valence-corrected chi connectivity index (χ2v) is 15.6. The van der Waals surface area contributed by atoms with Gasteiger partial charge in [-0.05, 0) is 91.2 Å². The molecule has 13 heteroatoms. The van der Waals surface area contributed by atoms with Crippen molar-refractivity contribution in [3.05, 3.63) is 41.2 Å². The van der Waals surface area contributed by atoms with Crippen LogP contribution in [0.3, 0.4) is 0 Å². The van der Waals surface area contributed by atoms with Crippen molar-refractivity contribution in [3.8, 4) is 17.0 Å². The van der Waals surface area contributed by atoms with Gasteiger partial charge in [0.1, 0.15) is 35.4 Å². The highest BCUT2D eigenvalue weighted by Gasteiger charge is 2.48. The van der Waals surface area contributed by atoms with Crippen molar-refractivity contribution in [2.45, 2.75) is 105 Å². The quantitative estimate of drug-likeness (QED) is 0.263. The van der Waals surface area contributed by atoms with Crippen molar-refractivity contribution in [2.24, 2.45) is 5.41 Å². The lowest BCUT2D eigenvalue weighted by molar-refractivity contribution is -0.0717. The summed E-state index contributed by atoms with van der Waals surface area (Å²) >= 11 is 7.02. The number of fused-ring (bicyclic) bond motifs is 2. The SMILES string of the molecule is CC.Cc1c(-c2ccc3cnc(NC(=O)OC4CC5(CCN(C(=O)OC(C)(C)C)CC5)C4)cc3c2Cl)cnc2c1N(C(=O)OC(C)(C)C)CCO2. The summed E-state index contributed by atoms with van der Waals surface area (Å²) in [5.41, 5.74) is 1.63. The summed E-state index contributed by atoms with van der Waals surface area (Å²) in [5, 5.41) is 4.67. The molecule has 0 radical (unpaired) electrons. The molecule has 1 saturated heterocycles. The van der Waals surface area contributed by atoms with Gasteiger partial charge in [0.15, 0.2) is 0 Å². The maximum atomic E-state index is 13.1. The molecule has 6 rings (SSSR count). The van der Waals surface area contributed by atoms with Crippen LogP contribution in [-0.4, -0.2) is 76.7 Å². The van der Waals surface area contributed by atoms with Crippen LogP contribution >= 0.6 is 11.6 Å². The summed E-state index contributed by atoms with van der Waals surface area (Å²) in [7, 11) is 0. The van der Waals surface area contributed by atoms with E-state index in [1.54, 1.807) is 28.3 Å². The number of hydrogen-bond donors (Lipinski definition) is 1. The zero-order valence-corrected chi connectivity index (χ0v) is 31.9. The fourth-order valence-electron chi connectivity index (χ4n) is 6.74. The number of nitrogens with zero attached hydrogens (tertiary/aromatic N) is 4. The van der Waals surface area contributed by atoms with E-state index in [0.29, 0.717) is 59.6 Å². The molecule has 1 aliphatic carbocycles. The molecule has 2 aliphatic heterocycles. The number of pyridine rings is 2. The van der Waals surface area contributed by atoms with Gasteiger partial charge in [0.25, 0.3) is 0 Å². The van der Waals surface area contributed by atoms with Gasteiger partial charge in [-0.1, -0.05) is 37.6 Å². The zero-order chi connectivity index (χ0) is 37.3. The molecule has 1 saturated carbocycles. The van der Waals surface area contributed by atoms with Crippen molar-refractivity contribution >= 4 is 52.2 Å². The number of benzene rings is 1. The Morgan fingerprint density at radius 3 is 2.22 bits per heavy atom. The average molecular weight is 724 g/mol. The van der Waals surface area contributed by atoms with Crippen molar-refractivity contribution in [1.29, 1.82) is 0 Å². The molecule has 3 amide bonds. The molecule has 1 spiro atoms. The predicted molar refractivity (Wildman–Crippen MR) is 198 cm³/mol. The first-order valence-electron chi connectivity index (χ1n) is 17.7. The number of nitrogens with one attached hydrogen (secondary N) is 1. The molecular formula is C38H50ClN5O7. The molecule has 4 heterocycles. The van der Waals surface area contributed by atoms with Crippen molar-refractivity contribution in [2.75, 3.05) is 36.5 Å². The van der Waals surface area contributed by atoms with Gasteiger partial charge in [0.2, 0.25) is 5.88 Å². The van der Waals surface area contributed by atoms with E-state index in [-0.39, 0.29) is 17.6 Å². The lowest BCUT2D eigenvalue weighted by atomic mass is 9.61. The Morgan fingerprint density at radius 2 is 1.57 bits per heavy atom. The van der Waals surface area contributed by atoms with Gasteiger partial charge in [-0.3, -0.25) is 10.2 Å². The predicted octanol–water partition coefficient (Wildman–Crippen LogP) is 9.15. The maximum absolute atomic E-state index is 13.1. The van der Waals surface area contributed by atoms with Crippen LogP contribution in [0.4, 0.5) is 25.9 Å². The Morgan fingerprint density at radius 1 is 0.922 bits per heavy atom. The van der Waals surface area contributed by atoms with Crippen LogP contribution in [0.2, 0.25) is 5.02 Å². The van der Waals surface area contributed by atoms with Gasteiger partial charge in [0.05, 0.1) is 11.6 Å². The highest BCUT2D eigenvalue weighted by Crippen LogP contribution is 2.50. The van der Waals surface area contributed by atoms with E-state index < -0.39 is 23.4 Å². The lowest BCUT2D eigenvalue weighted by Gasteiger charge is -2.51. The average Bonchev–Trinajstić information content (AvgIpc) is 3.04. The topological polar surface area (TPSA) is 132 Å². The summed E-state index contributed by atoms with van der Waals surface area (Å²) in [6, 6.07) is 5.50. The molecule has 0 unspecified atom stereocenters. The highest BCUT2D eigenvalue weighted by molar-refractivity contribution is 6.38. The summed E-state index contributed by atoms with van der Waals surface area (Å²) < 4.78 is 22.7. The molecule has 2 fully saturated rings. The zero-order valence-electron chi connectivity index (χ0n) is 31.1. The Hall–Kier alpha value is -4.32. The minimum Gasteiger partial charge on any atom is -0.474 e. The van der Waals surface area contributed by atoms with E-state index in [4.69, 9.17) is 30.5 Å². The highest BCUT2D eigenvalue weighted by atomic mass is 35.5. The Balaban J connectivity index is 0.00000248. The van der Waals surface area contributed by atoms with Crippen molar-refractivity contribution in [3.63, 3.8) is 0 Å². The summed E-state index contributed by atoms with van der Waals surface area (Å²) in [5.74, 6) is 0.661. The molecule has 51 heavy (non-hydrogen) atoms. The third kappa shape index (κ3) is 8.60. The number of ether oxygens (including phenoxy) is 4. The summed E-state index contributed by atoms with van der Waals surface area (Å²) in [4.78, 5) is 50.7. The van der Waals surface area contributed by atoms with Crippen LogP contribution in [-0.2, 0) is 14.2 Å². The second kappa shape index (κ2) is 14.7. The number of aromatic nitrogens is 2. The minimum absolute atomic E-state index is 0.0777. The van der Waals surface area contributed by atoms with E-state index in [1.165, 1.54) is 0 Å². The van der Waals surface area contributed by atoms with E-state index in [1.807, 2.05) is 74.4 Å². The van der Waals surface area contributed by atoms with E-state index in [0.717, 1.165) is 42.2 Å². The standard InChI is InChI=1S/C36H44ClN5O7.C2H6/c1-21-26(20-39-30-29(21)42(14-15-46-30)33(45)49-35(5,6)7)24-9-8-22-19-38-27(16-25(22)28(24)37)40-31(43)47-23-17-36(18-23)10-12-41(13-11-36)32(44)48-34(2,3)4;1-2/h8-9,16,19-20,23H,10-15,17-18H2,1-7H3,(H,38,40,43);1-2H3. The van der Waals surface area contributed by atoms with Crippen LogP contribution in [0, 0.1) is 12.3 Å². The van der Waals surface area contributed by atoms with Gasteiger partial charge < -0.3 is 23.8 Å². The monoisotopic (exact) mass is 723 g/mol. The third-order valence-corrected chi connectivity index (χ3v) is 9.55. The van der Waals surface area contributed by atoms with Crippen LogP contribution in [0.5, 0.6) is 5.88 Å². The molecule has 2 aromatic heterocycles. The number of hydrogen-bond acceptors (Lipinski definition) is 9. The second-order valence-electron chi connectivity index (χ2n) is 15.2. The number of anilines is 2. The summed E-state index contributed by atoms with van der Waals surface area (Å²) in [6.07, 6.45) is 5.02. The van der Waals surface area contributed by atoms with Crippen molar-refractivity contribution in [1.82, 2.24) is 14.9 Å². The molecule has 12 nitrogen and oxygen atoms in total. The molecule has 3 aromatic rings. The van der Waals surface area contributed by atoms with E-state index in [9.17, 15) is 14.4 Å². The minimum atomic E-state index is -0.662. The van der Waals surface area contributed by atoms with Gasteiger partial charge in [0, 0.05) is 47.4 Å². The fraction of sp³-hybridized carbons (Fsp3) is 0.553.